The Morgan fingerprint density at radius 3 is 3.07 bits per heavy atom. The van der Waals surface area contributed by atoms with E-state index < -0.39 is 0 Å². The number of nitrogens with zero attached hydrogens (tertiary/aromatic N) is 1. The Hall–Kier alpha value is -1.28. The molecule has 1 aromatic heterocycles. The molecule has 1 heterocycles. The van der Waals surface area contributed by atoms with Gasteiger partial charge in [0.15, 0.2) is 0 Å². The van der Waals surface area contributed by atoms with Crippen LogP contribution in [0.15, 0.2) is 54.1 Å². The second-order valence-electron chi connectivity index (χ2n) is 2.96. The minimum atomic E-state index is 0.931. The summed E-state index contributed by atoms with van der Waals surface area (Å²) in [6.45, 7) is 3.70. The number of para-hydroxylation sites is 1. The molecule has 0 radical (unpaired) electrons. The number of fused-ring (bicyclic) bond motifs is 1. The molecule has 1 nitrogen and oxygen atoms in total. The normalized spacial score (nSPS) is 10.3. The first kappa shape index (κ1) is 9.28. The molecule has 1 aromatic carbocycles. The molecule has 2 rings (SSSR count). The van der Waals surface area contributed by atoms with E-state index in [2.05, 4.69) is 23.7 Å². The fraction of sp³-hybridized carbons (Fsp3) is 0.0833. The average molecular weight is 201 g/mol. The van der Waals surface area contributed by atoms with Crippen LogP contribution < -0.4 is 0 Å². The van der Waals surface area contributed by atoms with Gasteiger partial charge >= 0.3 is 0 Å². The molecule has 0 unspecified atom stereocenters. The highest BCUT2D eigenvalue weighted by molar-refractivity contribution is 7.99. The van der Waals surface area contributed by atoms with Crippen LogP contribution in [0.4, 0.5) is 0 Å². The van der Waals surface area contributed by atoms with Crippen molar-refractivity contribution in [2.24, 2.45) is 0 Å². The highest BCUT2D eigenvalue weighted by Crippen LogP contribution is 2.21. The maximum absolute atomic E-state index is 4.38. The number of thioether (sulfide) groups is 1. The van der Waals surface area contributed by atoms with Gasteiger partial charge in [-0.25, -0.2) is 0 Å². The molecule has 2 aromatic rings. The highest BCUT2D eigenvalue weighted by Gasteiger charge is 1.96. The number of aromatic nitrogens is 1. The lowest BCUT2D eigenvalue weighted by Gasteiger charge is -2.00. The van der Waals surface area contributed by atoms with Gasteiger partial charge in [0, 0.05) is 22.2 Å². The average Bonchev–Trinajstić information content (AvgIpc) is 2.26. The maximum atomic E-state index is 4.38. The van der Waals surface area contributed by atoms with Crippen LogP contribution in [0, 0.1) is 0 Å². The van der Waals surface area contributed by atoms with Crippen LogP contribution in [0.5, 0.6) is 0 Å². The quantitative estimate of drug-likeness (QED) is 0.556. The Bertz CT molecular complexity index is 451. The van der Waals surface area contributed by atoms with Crippen molar-refractivity contribution in [2.45, 2.75) is 4.90 Å². The first-order chi connectivity index (χ1) is 6.90. The lowest BCUT2D eigenvalue weighted by Crippen LogP contribution is -1.80. The fourth-order valence-corrected chi connectivity index (χ4v) is 1.93. The largest absolute Gasteiger partial charge is 0.255 e. The Morgan fingerprint density at radius 2 is 2.21 bits per heavy atom. The third kappa shape index (κ3) is 1.96. The van der Waals surface area contributed by atoms with E-state index in [0.717, 1.165) is 11.3 Å². The number of pyridine rings is 1. The topological polar surface area (TPSA) is 12.9 Å². The predicted molar refractivity (Wildman–Crippen MR) is 62.7 cm³/mol. The van der Waals surface area contributed by atoms with Crippen molar-refractivity contribution in [1.29, 1.82) is 0 Å². The van der Waals surface area contributed by atoms with Crippen LogP contribution in [-0.2, 0) is 0 Å². The van der Waals surface area contributed by atoms with Gasteiger partial charge in [0.1, 0.15) is 0 Å². The number of rotatable bonds is 3. The van der Waals surface area contributed by atoms with Crippen molar-refractivity contribution < 1.29 is 0 Å². The lowest BCUT2D eigenvalue weighted by atomic mass is 10.2. The Labute approximate surface area is 87.9 Å². The summed E-state index contributed by atoms with van der Waals surface area (Å²) in [5.41, 5.74) is 1.05. The van der Waals surface area contributed by atoms with Gasteiger partial charge in [0.25, 0.3) is 0 Å². The maximum Gasteiger partial charge on any atom is 0.0702 e. The van der Waals surface area contributed by atoms with Crippen molar-refractivity contribution in [2.75, 3.05) is 5.75 Å². The Balaban J connectivity index is 2.36. The van der Waals surface area contributed by atoms with Gasteiger partial charge in [0.2, 0.25) is 0 Å². The molecule has 0 N–H and O–H groups in total. The second-order valence-corrected chi connectivity index (χ2v) is 4.06. The molecule has 0 bridgehead atoms. The van der Waals surface area contributed by atoms with Crippen LogP contribution in [0.1, 0.15) is 0 Å². The summed E-state index contributed by atoms with van der Waals surface area (Å²) in [4.78, 5) is 5.58. The van der Waals surface area contributed by atoms with Crippen molar-refractivity contribution in [1.82, 2.24) is 4.98 Å². The standard InChI is InChI=1S/C12H11NS/c1-2-7-14-11-8-10-5-3-4-6-12(10)13-9-11/h2-6,8-9H,1,7H2. The van der Waals surface area contributed by atoms with E-state index in [9.17, 15) is 0 Å². The van der Waals surface area contributed by atoms with Crippen LogP contribution >= 0.6 is 11.8 Å². The van der Waals surface area contributed by atoms with Crippen molar-refractivity contribution in [3.63, 3.8) is 0 Å². The van der Waals surface area contributed by atoms with Crippen LogP contribution in [-0.4, -0.2) is 10.7 Å². The SMILES string of the molecule is C=CCSc1cnc2ccccc2c1. The number of benzene rings is 1. The van der Waals surface area contributed by atoms with Gasteiger partial charge in [-0.3, -0.25) is 4.98 Å². The zero-order valence-electron chi connectivity index (χ0n) is 7.81. The smallest absolute Gasteiger partial charge is 0.0702 e. The van der Waals surface area contributed by atoms with E-state index in [1.807, 2.05) is 30.5 Å². The first-order valence-electron chi connectivity index (χ1n) is 4.48. The predicted octanol–water partition coefficient (Wildman–Crippen LogP) is 3.51. The van der Waals surface area contributed by atoms with Crippen LogP contribution in [0.3, 0.4) is 0 Å². The van der Waals surface area contributed by atoms with Gasteiger partial charge in [0.05, 0.1) is 5.52 Å². The van der Waals surface area contributed by atoms with E-state index in [0.29, 0.717) is 0 Å². The molecule has 70 valence electrons. The summed E-state index contributed by atoms with van der Waals surface area (Å²) in [6, 6.07) is 10.3. The zero-order chi connectivity index (χ0) is 9.80. The summed E-state index contributed by atoms with van der Waals surface area (Å²) in [5.74, 6) is 0.931. The summed E-state index contributed by atoms with van der Waals surface area (Å²) < 4.78 is 0. The molecule has 2 heteroatoms. The van der Waals surface area contributed by atoms with Crippen LogP contribution in [0.2, 0.25) is 0 Å². The number of hydrogen-bond acceptors (Lipinski definition) is 2. The van der Waals surface area contributed by atoms with E-state index in [-0.39, 0.29) is 0 Å². The molecular formula is C12H11NS. The molecule has 0 saturated carbocycles. The van der Waals surface area contributed by atoms with Gasteiger partial charge in [-0.2, -0.15) is 0 Å². The van der Waals surface area contributed by atoms with E-state index >= 15 is 0 Å². The monoisotopic (exact) mass is 201 g/mol. The van der Waals surface area contributed by atoms with Gasteiger partial charge in [-0.1, -0.05) is 24.3 Å². The van der Waals surface area contributed by atoms with Gasteiger partial charge < -0.3 is 0 Å². The molecule has 0 spiro atoms. The van der Waals surface area contributed by atoms with E-state index in [1.165, 1.54) is 10.3 Å². The molecule has 0 atom stereocenters. The Morgan fingerprint density at radius 1 is 1.36 bits per heavy atom. The molecular weight excluding hydrogens is 190 g/mol. The molecule has 0 aliphatic carbocycles. The zero-order valence-corrected chi connectivity index (χ0v) is 8.63. The summed E-state index contributed by atoms with van der Waals surface area (Å²) in [5, 5.41) is 1.20. The van der Waals surface area contributed by atoms with Crippen LogP contribution in [0.25, 0.3) is 10.9 Å². The molecule has 0 fully saturated rings. The molecule has 0 aliphatic rings. The summed E-state index contributed by atoms with van der Waals surface area (Å²) >= 11 is 1.75. The van der Waals surface area contributed by atoms with Gasteiger partial charge in [-0.15, -0.1) is 18.3 Å². The molecule has 0 saturated heterocycles. The van der Waals surface area contributed by atoms with E-state index in [1.54, 1.807) is 11.8 Å². The van der Waals surface area contributed by atoms with Crippen molar-refractivity contribution in [3.8, 4) is 0 Å². The summed E-state index contributed by atoms with van der Waals surface area (Å²) in [6.07, 6.45) is 3.82. The molecule has 0 amide bonds. The van der Waals surface area contributed by atoms with Gasteiger partial charge in [-0.05, 0) is 12.1 Å². The van der Waals surface area contributed by atoms with Crippen molar-refractivity contribution >= 4 is 22.7 Å². The second kappa shape index (κ2) is 4.29. The number of hydrogen-bond donors (Lipinski definition) is 0. The third-order valence-electron chi connectivity index (χ3n) is 1.93. The minimum Gasteiger partial charge on any atom is -0.255 e. The lowest BCUT2D eigenvalue weighted by molar-refractivity contribution is 1.30. The van der Waals surface area contributed by atoms with Crippen molar-refractivity contribution in [3.05, 3.63) is 49.2 Å². The minimum absolute atomic E-state index is 0.931. The fourth-order valence-electron chi connectivity index (χ4n) is 1.28. The molecule has 14 heavy (non-hydrogen) atoms. The summed E-state index contributed by atoms with van der Waals surface area (Å²) in [7, 11) is 0. The Kier molecular flexibility index (Phi) is 2.84. The van der Waals surface area contributed by atoms with E-state index in [4.69, 9.17) is 0 Å². The third-order valence-corrected chi connectivity index (χ3v) is 2.89. The molecule has 0 aliphatic heterocycles. The first-order valence-corrected chi connectivity index (χ1v) is 5.47. The highest BCUT2D eigenvalue weighted by atomic mass is 32.2.